The van der Waals surface area contributed by atoms with Gasteiger partial charge in [0.1, 0.15) is 6.04 Å². The van der Waals surface area contributed by atoms with Gasteiger partial charge in [-0.25, -0.2) is 0 Å². The van der Waals surface area contributed by atoms with Crippen LogP contribution in [0.3, 0.4) is 0 Å². The van der Waals surface area contributed by atoms with Gasteiger partial charge in [-0.1, -0.05) is 60.7 Å². The minimum absolute atomic E-state index is 0.127. The van der Waals surface area contributed by atoms with E-state index in [0.717, 1.165) is 25.3 Å². The average molecular weight is 436 g/mol. The second-order valence-corrected chi connectivity index (χ2v) is 10.4. The first-order valence-corrected chi connectivity index (χ1v) is 12.1. The number of carbonyl (C=O) groups is 2. The summed E-state index contributed by atoms with van der Waals surface area (Å²) in [5.41, 5.74) is 2.55. The zero-order valence-corrected chi connectivity index (χ0v) is 18.8. The van der Waals surface area contributed by atoms with Crippen molar-refractivity contribution in [2.75, 3.05) is 31.9 Å². The van der Waals surface area contributed by atoms with Gasteiger partial charge in [0, 0.05) is 38.4 Å². The zero-order valence-electron chi connectivity index (χ0n) is 17.9. The third kappa shape index (κ3) is 3.76. The summed E-state index contributed by atoms with van der Waals surface area (Å²) >= 11 is 1.77. The van der Waals surface area contributed by atoms with Crippen LogP contribution in [0.4, 0.5) is 0 Å². The molecule has 0 aromatic heterocycles. The zero-order chi connectivity index (χ0) is 21.4. The first-order chi connectivity index (χ1) is 15.1. The van der Waals surface area contributed by atoms with E-state index in [9.17, 15) is 9.59 Å². The maximum atomic E-state index is 13.3. The minimum atomic E-state index is -0.296. The van der Waals surface area contributed by atoms with Crippen molar-refractivity contribution in [3.05, 3.63) is 71.8 Å². The van der Waals surface area contributed by atoms with E-state index in [0.29, 0.717) is 19.5 Å². The predicted octanol–water partition coefficient (Wildman–Crippen LogP) is 3.37. The fraction of sp³-hybridized carbons (Fsp3) is 0.440. The van der Waals surface area contributed by atoms with Crippen LogP contribution >= 0.6 is 11.8 Å². The fourth-order valence-electron chi connectivity index (χ4n) is 5.30. The highest BCUT2D eigenvalue weighted by molar-refractivity contribution is 8.01. The van der Waals surface area contributed by atoms with Gasteiger partial charge >= 0.3 is 0 Å². The summed E-state index contributed by atoms with van der Waals surface area (Å²) in [4.78, 5) is 31.9. The molecule has 3 aliphatic rings. The lowest BCUT2D eigenvalue weighted by molar-refractivity contribution is -0.145. The number of hydrogen-bond acceptors (Lipinski definition) is 4. The molecule has 5 nitrogen and oxygen atoms in total. The molecule has 3 saturated heterocycles. The molecule has 2 aromatic carbocycles. The maximum absolute atomic E-state index is 13.3. The summed E-state index contributed by atoms with van der Waals surface area (Å²) in [5, 5.41) is 0. The minimum Gasteiger partial charge on any atom is -0.338 e. The summed E-state index contributed by atoms with van der Waals surface area (Å²) < 4.78 is 0. The number of fused-ring (bicyclic) bond motifs is 1. The maximum Gasteiger partial charge on any atom is 0.246 e. The van der Waals surface area contributed by atoms with Crippen molar-refractivity contribution in [1.29, 1.82) is 0 Å². The highest BCUT2D eigenvalue weighted by Gasteiger charge is 2.53. The van der Waals surface area contributed by atoms with Gasteiger partial charge in [-0.3, -0.25) is 14.5 Å². The number of benzene rings is 2. The molecule has 0 spiro atoms. The van der Waals surface area contributed by atoms with E-state index in [-0.39, 0.29) is 28.8 Å². The van der Waals surface area contributed by atoms with Crippen molar-refractivity contribution in [2.24, 2.45) is 0 Å². The Morgan fingerprint density at radius 2 is 1.55 bits per heavy atom. The molecular formula is C25H29N3O2S. The second-order valence-electron chi connectivity index (χ2n) is 8.85. The van der Waals surface area contributed by atoms with Crippen molar-refractivity contribution in [1.82, 2.24) is 14.7 Å². The highest BCUT2D eigenvalue weighted by atomic mass is 32.2. The monoisotopic (exact) mass is 435 g/mol. The summed E-state index contributed by atoms with van der Waals surface area (Å²) in [6, 6.07) is 21.1. The third-order valence-electron chi connectivity index (χ3n) is 6.95. The predicted molar refractivity (Wildman–Crippen MR) is 124 cm³/mol. The van der Waals surface area contributed by atoms with E-state index in [1.54, 1.807) is 11.8 Å². The molecule has 2 aromatic rings. The van der Waals surface area contributed by atoms with Crippen LogP contribution in [-0.2, 0) is 9.59 Å². The summed E-state index contributed by atoms with van der Waals surface area (Å²) in [7, 11) is 0. The van der Waals surface area contributed by atoms with E-state index in [4.69, 9.17) is 0 Å². The Morgan fingerprint density at radius 3 is 2.13 bits per heavy atom. The fourth-order valence-corrected chi connectivity index (χ4v) is 6.72. The van der Waals surface area contributed by atoms with E-state index in [2.05, 4.69) is 72.5 Å². The standard InChI is InChI=1S/C25H29N3O2S/c1-25-13-12-22(29)28(25)21(18-31-25)24(30)27-16-14-26(15-17-27)23(19-8-4-2-5-9-19)20-10-6-3-7-11-20/h2-11,21,23H,12-18H2,1H3. The normalized spacial score (nSPS) is 26.5. The average Bonchev–Trinajstić information content (AvgIpc) is 3.31. The molecule has 0 saturated carbocycles. The summed E-state index contributed by atoms with van der Waals surface area (Å²) in [5.74, 6) is 0.984. The Labute approximate surface area is 188 Å². The van der Waals surface area contributed by atoms with E-state index >= 15 is 0 Å². The Kier molecular flexibility index (Phi) is 5.52. The topological polar surface area (TPSA) is 43.9 Å². The van der Waals surface area contributed by atoms with Crippen LogP contribution in [0.15, 0.2) is 60.7 Å². The number of thioether (sulfide) groups is 1. The first kappa shape index (κ1) is 20.6. The highest BCUT2D eigenvalue weighted by Crippen LogP contribution is 2.47. The van der Waals surface area contributed by atoms with Gasteiger partial charge in [-0.2, -0.15) is 0 Å². The Bertz CT molecular complexity index is 906. The van der Waals surface area contributed by atoms with Crippen LogP contribution in [0.5, 0.6) is 0 Å². The Hall–Kier alpha value is -2.31. The first-order valence-electron chi connectivity index (χ1n) is 11.2. The lowest BCUT2D eigenvalue weighted by Gasteiger charge is -2.41. The lowest BCUT2D eigenvalue weighted by Crippen LogP contribution is -2.56. The van der Waals surface area contributed by atoms with Crippen LogP contribution in [-0.4, -0.2) is 69.4 Å². The molecule has 0 bridgehead atoms. The van der Waals surface area contributed by atoms with Crippen LogP contribution in [0, 0.1) is 0 Å². The van der Waals surface area contributed by atoms with Gasteiger partial charge in [0.2, 0.25) is 11.8 Å². The number of hydrogen-bond donors (Lipinski definition) is 0. The van der Waals surface area contributed by atoms with Crippen LogP contribution in [0.2, 0.25) is 0 Å². The van der Waals surface area contributed by atoms with E-state index in [1.807, 2.05) is 9.80 Å². The molecule has 3 heterocycles. The van der Waals surface area contributed by atoms with Crippen molar-refractivity contribution < 1.29 is 9.59 Å². The van der Waals surface area contributed by atoms with Crippen molar-refractivity contribution in [3.63, 3.8) is 0 Å². The van der Waals surface area contributed by atoms with Crippen LogP contribution in [0.1, 0.15) is 36.9 Å². The van der Waals surface area contributed by atoms with Crippen LogP contribution < -0.4 is 0 Å². The second kappa shape index (κ2) is 8.32. The van der Waals surface area contributed by atoms with Gasteiger partial charge < -0.3 is 9.80 Å². The molecule has 0 radical (unpaired) electrons. The summed E-state index contributed by atoms with van der Waals surface area (Å²) in [6.45, 7) is 5.17. The number of piperazine rings is 1. The van der Waals surface area contributed by atoms with Gasteiger partial charge in [-0.05, 0) is 24.5 Å². The van der Waals surface area contributed by atoms with E-state index in [1.165, 1.54) is 11.1 Å². The molecule has 5 rings (SSSR count). The third-order valence-corrected chi connectivity index (χ3v) is 8.46. The molecule has 0 N–H and O–H groups in total. The molecule has 2 atom stereocenters. The molecule has 162 valence electrons. The van der Waals surface area contributed by atoms with Gasteiger partial charge in [-0.15, -0.1) is 11.8 Å². The lowest BCUT2D eigenvalue weighted by atomic mass is 9.96. The quantitative estimate of drug-likeness (QED) is 0.739. The molecule has 6 heteroatoms. The van der Waals surface area contributed by atoms with Crippen molar-refractivity contribution in [2.45, 2.75) is 36.7 Å². The summed E-state index contributed by atoms with van der Waals surface area (Å²) in [6.07, 6.45) is 1.42. The number of rotatable bonds is 4. The number of carbonyl (C=O) groups excluding carboxylic acids is 2. The van der Waals surface area contributed by atoms with Gasteiger partial charge in [0.25, 0.3) is 0 Å². The largest absolute Gasteiger partial charge is 0.338 e. The molecule has 2 unspecified atom stereocenters. The molecule has 0 aliphatic carbocycles. The van der Waals surface area contributed by atoms with Gasteiger partial charge in [0.05, 0.1) is 10.9 Å². The van der Waals surface area contributed by atoms with Crippen molar-refractivity contribution >= 4 is 23.6 Å². The Balaban J connectivity index is 1.30. The number of amides is 2. The molecular weight excluding hydrogens is 406 g/mol. The molecule has 3 fully saturated rings. The molecule has 3 aliphatic heterocycles. The van der Waals surface area contributed by atoms with Crippen molar-refractivity contribution in [3.8, 4) is 0 Å². The number of nitrogens with zero attached hydrogens (tertiary/aromatic N) is 3. The molecule has 2 amide bonds. The smallest absolute Gasteiger partial charge is 0.246 e. The molecule has 31 heavy (non-hydrogen) atoms. The van der Waals surface area contributed by atoms with E-state index < -0.39 is 0 Å². The van der Waals surface area contributed by atoms with Gasteiger partial charge in [0.15, 0.2) is 0 Å². The Morgan fingerprint density at radius 1 is 0.968 bits per heavy atom. The van der Waals surface area contributed by atoms with Crippen LogP contribution in [0.25, 0.3) is 0 Å². The SMILES string of the molecule is CC12CCC(=O)N1C(C(=O)N1CCN(C(c3ccccc3)c3ccccc3)CC1)CS2.